The Labute approximate surface area is 69.9 Å². The highest BCUT2D eigenvalue weighted by Crippen LogP contribution is 1.97. The fourth-order valence-corrected chi connectivity index (χ4v) is 0.589. The molecule has 0 aliphatic rings. The van der Waals surface area contributed by atoms with E-state index in [0.29, 0.717) is 0 Å². The van der Waals surface area contributed by atoms with Crippen molar-refractivity contribution in [3.63, 3.8) is 0 Å². The predicted molar refractivity (Wildman–Crippen MR) is 45.6 cm³/mol. The Morgan fingerprint density at radius 2 is 1.50 bits per heavy atom. The van der Waals surface area contributed by atoms with Crippen molar-refractivity contribution in [2.45, 2.75) is 0 Å². The van der Waals surface area contributed by atoms with Crippen LogP contribution in [0.25, 0.3) is 6.08 Å². The summed E-state index contributed by atoms with van der Waals surface area (Å²) in [5, 5.41) is 0. The van der Waals surface area contributed by atoms with Crippen molar-refractivity contribution in [1.82, 2.24) is 0 Å². The molecule has 0 aromatic heterocycles. The van der Waals surface area contributed by atoms with Gasteiger partial charge >= 0.3 is 7.54 Å². The lowest BCUT2D eigenvalue weighted by atomic mass is 10.2. The van der Waals surface area contributed by atoms with E-state index in [-0.39, 0.29) is 0 Å². The van der Waals surface area contributed by atoms with Gasteiger partial charge in [0.15, 0.2) is 0 Å². The van der Waals surface area contributed by atoms with Crippen molar-refractivity contribution in [3.05, 3.63) is 42.5 Å². The van der Waals surface area contributed by atoms with Gasteiger partial charge in [-0.2, -0.15) is 0 Å². The second kappa shape index (κ2) is 6.52. The van der Waals surface area contributed by atoms with Crippen LogP contribution in [0, 0.1) is 0 Å². The number of hydrogen-bond acceptors (Lipinski definition) is 0. The van der Waals surface area contributed by atoms with E-state index in [1.54, 1.807) is 0 Å². The van der Waals surface area contributed by atoms with Crippen LogP contribution in [-0.2, 0) is 0 Å². The van der Waals surface area contributed by atoms with Crippen LogP contribution in [0.3, 0.4) is 0 Å². The van der Waals surface area contributed by atoms with Crippen molar-refractivity contribution in [2.24, 2.45) is 0 Å². The molecular weight excluding hydrogens is 164 g/mol. The van der Waals surface area contributed by atoms with Gasteiger partial charge in [0.1, 0.15) is 0 Å². The monoisotopic (exact) mass is 172 g/mol. The van der Waals surface area contributed by atoms with Gasteiger partial charge in [-0.1, -0.05) is 43.0 Å². The topological polar surface area (TPSA) is 0 Å². The van der Waals surface area contributed by atoms with Gasteiger partial charge in [0.25, 0.3) is 0 Å². The summed E-state index contributed by atoms with van der Waals surface area (Å²) in [5.41, 5.74) is 1.17. The molecule has 0 aliphatic heterocycles. The third kappa shape index (κ3) is 6.93. The van der Waals surface area contributed by atoms with Crippen LogP contribution < -0.4 is 0 Å². The SMILES string of the molecule is C=Cc1ccccc1.FB(F)F. The molecule has 0 nitrogen and oxygen atoms in total. The summed E-state index contributed by atoms with van der Waals surface area (Å²) in [6.07, 6.45) is 1.83. The predicted octanol–water partition coefficient (Wildman–Crippen LogP) is 3.21. The quantitative estimate of drug-likeness (QED) is 0.570. The van der Waals surface area contributed by atoms with Gasteiger partial charge in [0, 0.05) is 0 Å². The molecule has 0 saturated carbocycles. The highest BCUT2D eigenvalue weighted by molar-refractivity contribution is 6.33. The molecule has 0 bridgehead atoms. The van der Waals surface area contributed by atoms with Crippen molar-refractivity contribution in [3.8, 4) is 0 Å². The molecule has 0 radical (unpaired) electrons. The molecule has 12 heavy (non-hydrogen) atoms. The van der Waals surface area contributed by atoms with Gasteiger partial charge < -0.3 is 0 Å². The first kappa shape index (κ1) is 10.8. The minimum Gasteiger partial charge on any atom is -0.254 e. The summed E-state index contributed by atoms with van der Waals surface area (Å²) in [4.78, 5) is 0. The second-order valence-corrected chi connectivity index (χ2v) is 1.86. The molecule has 0 saturated heterocycles. The van der Waals surface area contributed by atoms with Crippen molar-refractivity contribution < 1.29 is 12.9 Å². The van der Waals surface area contributed by atoms with Crippen molar-refractivity contribution in [1.29, 1.82) is 0 Å². The Bertz CT molecular complexity index is 208. The average molecular weight is 172 g/mol. The van der Waals surface area contributed by atoms with Gasteiger partial charge in [0.2, 0.25) is 0 Å². The zero-order valence-electron chi connectivity index (χ0n) is 6.38. The normalized spacial score (nSPS) is 7.92. The van der Waals surface area contributed by atoms with E-state index in [2.05, 4.69) is 6.58 Å². The fraction of sp³-hybridized carbons (Fsp3) is 0. The maximum atomic E-state index is 9.67. The smallest absolute Gasteiger partial charge is 0.254 e. The first-order valence-corrected chi connectivity index (χ1v) is 3.26. The molecular formula is C8H8BF3. The van der Waals surface area contributed by atoms with Crippen LogP contribution in [0.4, 0.5) is 12.9 Å². The van der Waals surface area contributed by atoms with Gasteiger partial charge in [-0.3, -0.25) is 12.9 Å². The minimum absolute atomic E-state index is 1.17. The van der Waals surface area contributed by atoms with E-state index in [1.165, 1.54) is 5.56 Å². The van der Waals surface area contributed by atoms with E-state index in [9.17, 15) is 12.9 Å². The second-order valence-electron chi connectivity index (χ2n) is 1.86. The third-order valence-corrected chi connectivity index (χ3v) is 1.04. The molecule has 4 heteroatoms. The minimum atomic E-state index is -3.67. The lowest BCUT2D eigenvalue weighted by Gasteiger charge is -1.85. The average Bonchev–Trinajstić information content (AvgIpc) is 2.05. The van der Waals surface area contributed by atoms with Gasteiger partial charge in [0.05, 0.1) is 0 Å². The van der Waals surface area contributed by atoms with Crippen LogP contribution in [0.2, 0.25) is 0 Å². The Morgan fingerprint density at radius 3 is 1.75 bits per heavy atom. The van der Waals surface area contributed by atoms with Crippen LogP contribution in [0.15, 0.2) is 36.9 Å². The Morgan fingerprint density at radius 1 is 1.08 bits per heavy atom. The van der Waals surface area contributed by atoms with Crippen LogP contribution in [-0.4, -0.2) is 7.54 Å². The maximum Gasteiger partial charge on any atom is 0.762 e. The molecule has 0 atom stereocenters. The van der Waals surface area contributed by atoms with Crippen molar-refractivity contribution in [2.75, 3.05) is 0 Å². The summed E-state index contributed by atoms with van der Waals surface area (Å²) in [7, 11) is -3.67. The zero-order chi connectivity index (χ0) is 9.40. The first-order valence-electron chi connectivity index (χ1n) is 3.26. The molecule has 1 aromatic carbocycles. The maximum absolute atomic E-state index is 9.67. The molecule has 0 N–H and O–H groups in total. The highest BCUT2D eigenvalue weighted by atomic mass is 19.4. The van der Waals surface area contributed by atoms with E-state index >= 15 is 0 Å². The molecule has 0 amide bonds. The number of benzene rings is 1. The Hall–Kier alpha value is -1.19. The lowest BCUT2D eigenvalue weighted by Crippen LogP contribution is -1.76. The Kier molecular flexibility index (Phi) is 5.88. The first-order chi connectivity index (χ1) is 5.66. The van der Waals surface area contributed by atoms with E-state index in [4.69, 9.17) is 0 Å². The van der Waals surface area contributed by atoms with E-state index in [1.807, 2.05) is 36.4 Å². The summed E-state index contributed by atoms with van der Waals surface area (Å²) in [6, 6.07) is 10.0. The molecule has 0 spiro atoms. The van der Waals surface area contributed by atoms with E-state index < -0.39 is 7.54 Å². The molecule has 0 fully saturated rings. The highest BCUT2D eigenvalue weighted by Gasteiger charge is 2.06. The standard InChI is InChI=1S/C8H8.BF3/c1-2-8-6-4-3-5-7-8;2-1(3)4/h2-7H,1H2;. The summed E-state index contributed by atoms with van der Waals surface area (Å²) >= 11 is 0. The van der Waals surface area contributed by atoms with Crippen LogP contribution in [0.5, 0.6) is 0 Å². The molecule has 64 valence electrons. The fourth-order valence-electron chi connectivity index (χ4n) is 0.589. The Balaban J connectivity index is 0.000000261. The van der Waals surface area contributed by atoms with Crippen LogP contribution >= 0.6 is 0 Å². The lowest BCUT2D eigenvalue weighted by molar-refractivity contribution is 0.535. The van der Waals surface area contributed by atoms with Crippen LogP contribution in [0.1, 0.15) is 5.56 Å². The number of rotatable bonds is 1. The summed E-state index contributed by atoms with van der Waals surface area (Å²) in [6.45, 7) is 3.63. The van der Waals surface area contributed by atoms with Crippen molar-refractivity contribution >= 4 is 13.6 Å². The molecule has 0 aliphatic carbocycles. The summed E-state index contributed by atoms with van der Waals surface area (Å²) < 4.78 is 29.0. The van der Waals surface area contributed by atoms with Gasteiger partial charge in [-0.15, -0.1) is 0 Å². The van der Waals surface area contributed by atoms with Gasteiger partial charge in [-0.25, -0.2) is 0 Å². The zero-order valence-corrected chi connectivity index (χ0v) is 6.38. The summed E-state index contributed by atoms with van der Waals surface area (Å²) in [5.74, 6) is 0. The molecule has 0 unspecified atom stereocenters. The molecule has 1 rings (SSSR count). The number of halogens is 3. The van der Waals surface area contributed by atoms with E-state index in [0.717, 1.165) is 0 Å². The molecule has 0 heterocycles. The number of hydrogen-bond donors (Lipinski definition) is 0. The molecule has 1 aromatic rings. The largest absolute Gasteiger partial charge is 0.762 e. The third-order valence-electron chi connectivity index (χ3n) is 1.04. The van der Waals surface area contributed by atoms with Gasteiger partial charge in [-0.05, 0) is 5.56 Å².